The van der Waals surface area contributed by atoms with Crippen LogP contribution < -0.4 is 0 Å². The standard InChI is InChI=1S/C6H5F7O3/c7-4(8,5(9,10)11)6(12,13)16-2-1-3(14)15/h1-2H2,(H,14,15). The fourth-order valence-corrected chi connectivity index (χ4v) is 0.522. The minimum Gasteiger partial charge on any atom is -0.481 e. The summed E-state index contributed by atoms with van der Waals surface area (Å²) >= 11 is 0. The molecule has 0 saturated carbocycles. The molecule has 96 valence electrons. The van der Waals surface area contributed by atoms with Crippen molar-refractivity contribution in [3.8, 4) is 0 Å². The lowest BCUT2D eigenvalue weighted by atomic mass is 10.3. The minimum absolute atomic E-state index is 1.12. The molecule has 10 heteroatoms. The third kappa shape index (κ3) is 3.22. The molecule has 0 amide bonds. The Bertz CT molecular complexity index is 259. The molecular formula is C6H5F7O3. The van der Waals surface area contributed by atoms with E-state index in [1.807, 2.05) is 0 Å². The monoisotopic (exact) mass is 258 g/mol. The molecule has 0 unspecified atom stereocenters. The number of halogens is 7. The van der Waals surface area contributed by atoms with Gasteiger partial charge in [-0.3, -0.25) is 4.79 Å². The van der Waals surface area contributed by atoms with Crippen molar-refractivity contribution in [2.24, 2.45) is 0 Å². The predicted octanol–water partition coefficient (Wildman–Crippen LogP) is 2.27. The molecule has 0 spiro atoms. The van der Waals surface area contributed by atoms with Gasteiger partial charge in [-0.1, -0.05) is 0 Å². The number of ether oxygens (including phenoxy) is 1. The highest BCUT2D eigenvalue weighted by molar-refractivity contribution is 5.66. The van der Waals surface area contributed by atoms with Crippen molar-refractivity contribution in [3.63, 3.8) is 0 Å². The van der Waals surface area contributed by atoms with E-state index in [1.54, 1.807) is 0 Å². The van der Waals surface area contributed by atoms with E-state index in [1.165, 1.54) is 0 Å². The van der Waals surface area contributed by atoms with Gasteiger partial charge in [0, 0.05) is 0 Å². The van der Waals surface area contributed by atoms with Gasteiger partial charge in [0.05, 0.1) is 13.0 Å². The molecule has 0 aromatic heterocycles. The second-order valence-corrected chi connectivity index (χ2v) is 2.58. The van der Waals surface area contributed by atoms with Crippen molar-refractivity contribution in [3.05, 3.63) is 0 Å². The molecule has 0 radical (unpaired) electrons. The lowest BCUT2D eigenvalue weighted by molar-refractivity contribution is -0.423. The molecule has 0 atom stereocenters. The molecule has 3 nitrogen and oxygen atoms in total. The second kappa shape index (κ2) is 4.44. The largest absolute Gasteiger partial charge is 0.481 e. The van der Waals surface area contributed by atoms with Gasteiger partial charge in [-0.05, 0) is 0 Å². The third-order valence-corrected chi connectivity index (χ3v) is 1.32. The van der Waals surface area contributed by atoms with Gasteiger partial charge in [0.1, 0.15) is 0 Å². The Labute approximate surface area is 83.8 Å². The number of carboxylic acids is 1. The van der Waals surface area contributed by atoms with Crippen LogP contribution in [0.5, 0.6) is 0 Å². The Morgan fingerprint density at radius 3 is 1.81 bits per heavy atom. The van der Waals surface area contributed by atoms with Gasteiger partial charge < -0.3 is 9.84 Å². The van der Waals surface area contributed by atoms with E-state index in [-0.39, 0.29) is 0 Å². The molecule has 0 bridgehead atoms. The molecule has 0 aliphatic heterocycles. The predicted molar refractivity (Wildman–Crippen MR) is 34.2 cm³/mol. The Morgan fingerprint density at radius 1 is 1.06 bits per heavy atom. The van der Waals surface area contributed by atoms with E-state index in [2.05, 4.69) is 4.74 Å². The lowest BCUT2D eigenvalue weighted by Gasteiger charge is -2.27. The highest BCUT2D eigenvalue weighted by Crippen LogP contribution is 2.46. The maximum absolute atomic E-state index is 12.3. The second-order valence-electron chi connectivity index (χ2n) is 2.58. The van der Waals surface area contributed by atoms with E-state index in [0.717, 1.165) is 0 Å². The van der Waals surface area contributed by atoms with E-state index in [9.17, 15) is 35.5 Å². The van der Waals surface area contributed by atoms with Crippen molar-refractivity contribution in [1.29, 1.82) is 0 Å². The van der Waals surface area contributed by atoms with Gasteiger partial charge in [-0.25, -0.2) is 0 Å². The van der Waals surface area contributed by atoms with Crippen LogP contribution in [0.15, 0.2) is 0 Å². The Kier molecular flexibility index (Phi) is 4.14. The SMILES string of the molecule is O=C(O)CCOC(F)(F)C(F)(F)C(F)(F)F. The fourth-order valence-electron chi connectivity index (χ4n) is 0.522. The van der Waals surface area contributed by atoms with Gasteiger partial charge in [0.25, 0.3) is 0 Å². The summed E-state index contributed by atoms with van der Waals surface area (Å²) in [6, 6.07) is 0. The zero-order chi connectivity index (χ0) is 13.2. The number of carboxylic acid groups (broad SMARTS) is 1. The molecule has 0 heterocycles. The van der Waals surface area contributed by atoms with Gasteiger partial charge in [0.2, 0.25) is 0 Å². The number of hydrogen-bond donors (Lipinski definition) is 1. The fraction of sp³-hybridized carbons (Fsp3) is 0.833. The van der Waals surface area contributed by atoms with Crippen LogP contribution in [0.2, 0.25) is 0 Å². The molecule has 0 aliphatic carbocycles. The van der Waals surface area contributed by atoms with Crippen LogP contribution in [0.1, 0.15) is 6.42 Å². The van der Waals surface area contributed by atoms with Gasteiger partial charge >= 0.3 is 24.2 Å². The smallest absolute Gasteiger partial charge is 0.462 e. The molecule has 0 fully saturated rings. The van der Waals surface area contributed by atoms with Gasteiger partial charge in [-0.15, -0.1) is 0 Å². The molecule has 16 heavy (non-hydrogen) atoms. The number of alkyl halides is 7. The van der Waals surface area contributed by atoms with Crippen LogP contribution in [-0.4, -0.2) is 35.9 Å². The van der Waals surface area contributed by atoms with E-state index >= 15 is 0 Å². The number of hydrogen-bond acceptors (Lipinski definition) is 2. The zero-order valence-electron chi connectivity index (χ0n) is 7.32. The van der Waals surface area contributed by atoms with Crippen molar-refractivity contribution in [2.45, 2.75) is 24.6 Å². The summed E-state index contributed by atoms with van der Waals surface area (Å²) in [5, 5.41) is 7.94. The van der Waals surface area contributed by atoms with Crippen molar-refractivity contribution in [2.75, 3.05) is 6.61 Å². The van der Waals surface area contributed by atoms with Crippen LogP contribution >= 0.6 is 0 Å². The maximum atomic E-state index is 12.3. The highest BCUT2D eigenvalue weighted by Gasteiger charge is 2.74. The number of carbonyl (C=O) groups is 1. The average Bonchev–Trinajstić information content (AvgIpc) is 2.00. The normalized spacial score (nSPS) is 13.9. The molecular weight excluding hydrogens is 253 g/mol. The maximum Gasteiger partial charge on any atom is 0.462 e. The summed E-state index contributed by atoms with van der Waals surface area (Å²) in [6.45, 7) is -1.46. The summed E-state index contributed by atoms with van der Waals surface area (Å²) in [4.78, 5) is 9.80. The van der Waals surface area contributed by atoms with Crippen LogP contribution in [-0.2, 0) is 9.53 Å². The van der Waals surface area contributed by atoms with Gasteiger partial charge in [-0.2, -0.15) is 30.7 Å². The highest BCUT2D eigenvalue weighted by atomic mass is 19.4. The summed E-state index contributed by atoms with van der Waals surface area (Å²) in [6.07, 6.45) is -13.4. The minimum atomic E-state index is -6.49. The van der Waals surface area contributed by atoms with Crippen LogP contribution in [0, 0.1) is 0 Å². The summed E-state index contributed by atoms with van der Waals surface area (Å²) < 4.78 is 86.1. The Balaban J connectivity index is 4.59. The Hall–Kier alpha value is -1.06. The number of rotatable bonds is 5. The van der Waals surface area contributed by atoms with Crippen LogP contribution in [0.25, 0.3) is 0 Å². The first kappa shape index (κ1) is 14.9. The molecule has 0 aromatic rings. The van der Waals surface area contributed by atoms with Crippen LogP contribution in [0.4, 0.5) is 30.7 Å². The molecule has 1 N–H and O–H groups in total. The summed E-state index contributed by atoms with van der Waals surface area (Å²) in [5.41, 5.74) is 0. The van der Waals surface area contributed by atoms with E-state index < -0.39 is 37.2 Å². The van der Waals surface area contributed by atoms with Crippen LogP contribution in [0.3, 0.4) is 0 Å². The molecule has 0 aromatic carbocycles. The Morgan fingerprint density at radius 2 is 1.50 bits per heavy atom. The quantitative estimate of drug-likeness (QED) is 0.769. The molecule has 0 rings (SSSR count). The first-order chi connectivity index (χ1) is 6.92. The molecule has 0 aliphatic rings. The van der Waals surface area contributed by atoms with Gasteiger partial charge in [0.15, 0.2) is 0 Å². The molecule has 0 saturated heterocycles. The number of aliphatic carboxylic acids is 1. The third-order valence-electron chi connectivity index (χ3n) is 1.32. The topological polar surface area (TPSA) is 46.5 Å². The first-order valence-electron chi connectivity index (χ1n) is 3.60. The lowest BCUT2D eigenvalue weighted by Crippen LogP contribution is -2.53. The van der Waals surface area contributed by atoms with Crippen molar-refractivity contribution in [1.82, 2.24) is 0 Å². The average molecular weight is 258 g/mol. The van der Waals surface area contributed by atoms with Crippen molar-refractivity contribution >= 4 is 5.97 Å². The first-order valence-corrected chi connectivity index (χ1v) is 3.60. The summed E-state index contributed by atoms with van der Waals surface area (Å²) in [5.74, 6) is -8.05. The zero-order valence-corrected chi connectivity index (χ0v) is 7.32. The van der Waals surface area contributed by atoms with Crippen molar-refractivity contribution < 1.29 is 45.4 Å². The van der Waals surface area contributed by atoms with E-state index in [4.69, 9.17) is 5.11 Å². The summed E-state index contributed by atoms with van der Waals surface area (Å²) in [7, 11) is 0. The van der Waals surface area contributed by atoms with E-state index in [0.29, 0.717) is 0 Å².